The van der Waals surface area contributed by atoms with Gasteiger partial charge < -0.3 is 23.5 Å². The molecule has 0 aliphatic carbocycles. The van der Waals surface area contributed by atoms with Crippen LogP contribution in [0, 0.1) is 6.92 Å². The van der Waals surface area contributed by atoms with Crippen molar-refractivity contribution in [1.82, 2.24) is 4.57 Å². The molecule has 2 heterocycles. The van der Waals surface area contributed by atoms with Crippen LogP contribution in [0.1, 0.15) is 22.8 Å². The SMILES string of the molecule is COc1cc(C2CN=C(c3ccc4c(ccn4C)c3C)O2)cc(OC)c1OC. The molecule has 0 saturated heterocycles. The molecule has 0 N–H and O–H groups in total. The number of aromatic nitrogens is 1. The Bertz CT molecular complexity index is 1040. The second-order valence-corrected chi connectivity index (χ2v) is 6.81. The van der Waals surface area contributed by atoms with Gasteiger partial charge in [0.1, 0.15) is 6.10 Å². The van der Waals surface area contributed by atoms with Crippen LogP contribution >= 0.6 is 0 Å². The van der Waals surface area contributed by atoms with Gasteiger partial charge in [0.25, 0.3) is 0 Å². The first kappa shape index (κ1) is 18.2. The molecule has 1 aromatic heterocycles. The molecule has 0 saturated carbocycles. The molecule has 146 valence electrons. The zero-order valence-corrected chi connectivity index (χ0v) is 16.8. The summed E-state index contributed by atoms with van der Waals surface area (Å²) >= 11 is 0. The Labute approximate surface area is 164 Å². The number of fused-ring (bicyclic) bond motifs is 1. The fourth-order valence-electron chi connectivity index (χ4n) is 3.71. The van der Waals surface area contributed by atoms with Gasteiger partial charge >= 0.3 is 0 Å². The van der Waals surface area contributed by atoms with Crippen LogP contribution in [0.4, 0.5) is 0 Å². The largest absolute Gasteiger partial charge is 0.493 e. The molecule has 0 spiro atoms. The molecule has 1 atom stereocenters. The van der Waals surface area contributed by atoms with Gasteiger partial charge in [0.15, 0.2) is 11.5 Å². The van der Waals surface area contributed by atoms with Crippen LogP contribution in [0.15, 0.2) is 41.5 Å². The standard InChI is InChI=1S/C22H24N2O4/c1-13-15-8-9-24(2)17(15)7-6-16(13)22-23-12-20(28-22)14-10-18(25-3)21(27-5)19(11-14)26-4/h6-11,20H,12H2,1-5H3. The Kier molecular flexibility index (Phi) is 4.63. The third-order valence-electron chi connectivity index (χ3n) is 5.28. The molecule has 28 heavy (non-hydrogen) atoms. The molecule has 6 heteroatoms. The molecule has 0 radical (unpaired) electrons. The Balaban J connectivity index is 1.65. The second kappa shape index (κ2) is 7.11. The molecule has 0 amide bonds. The lowest BCUT2D eigenvalue weighted by molar-refractivity contribution is 0.228. The minimum Gasteiger partial charge on any atom is -0.493 e. The number of hydrogen-bond acceptors (Lipinski definition) is 5. The average Bonchev–Trinajstić information content (AvgIpc) is 3.35. The van der Waals surface area contributed by atoms with Crippen molar-refractivity contribution in [3.8, 4) is 17.2 Å². The van der Waals surface area contributed by atoms with Crippen LogP contribution in [0.25, 0.3) is 10.9 Å². The number of hydrogen-bond donors (Lipinski definition) is 0. The Hall–Kier alpha value is -3.15. The molecule has 0 fully saturated rings. The van der Waals surface area contributed by atoms with Gasteiger partial charge in [-0.3, -0.25) is 0 Å². The van der Waals surface area contributed by atoms with Gasteiger partial charge in [-0.2, -0.15) is 0 Å². The molecule has 4 rings (SSSR count). The van der Waals surface area contributed by atoms with E-state index in [0.29, 0.717) is 29.7 Å². The van der Waals surface area contributed by atoms with Crippen LogP contribution in [0.3, 0.4) is 0 Å². The lowest BCUT2D eigenvalue weighted by Crippen LogP contribution is -2.08. The van der Waals surface area contributed by atoms with Crippen molar-refractivity contribution in [3.05, 3.63) is 53.2 Å². The molecule has 1 aliphatic rings. The predicted molar refractivity (Wildman–Crippen MR) is 109 cm³/mol. The fraction of sp³-hybridized carbons (Fsp3) is 0.318. The number of aryl methyl sites for hydroxylation is 2. The highest BCUT2D eigenvalue weighted by atomic mass is 16.5. The van der Waals surface area contributed by atoms with Gasteiger partial charge in [0.2, 0.25) is 11.6 Å². The first-order valence-electron chi connectivity index (χ1n) is 9.13. The first-order valence-corrected chi connectivity index (χ1v) is 9.13. The van der Waals surface area contributed by atoms with Crippen LogP contribution in [0.5, 0.6) is 17.2 Å². The van der Waals surface area contributed by atoms with E-state index >= 15 is 0 Å². The summed E-state index contributed by atoms with van der Waals surface area (Å²) in [6.07, 6.45) is 1.87. The van der Waals surface area contributed by atoms with E-state index in [1.807, 2.05) is 19.2 Å². The lowest BCUT2D eigenvalue weighted by atomic mass is 10.0. The Morgan fingerprint density at radius 2 is 1.75 bits per heavy atom. The summed E-state index contributed by atoms with van der Waals surface area (Å²) < 4.78 is 24.7. The molecule has 6 nitrogen and oxygen atoms in total. The summed E-state index contributed by atoms with van der Waals surface area (Å²) in [5, 5.41) is 1.21. The third kappa shape index (κ3) is 2.85. The Morgan fingerprint density at radius 1 is 1.04 bits per heavy atom. The first-order chi connectivity index (χ1) is 13.6. The molecule has 3 aromatic rings. The normalized spacial score (nSPS) is 16.0. The Morgan fingerprint density at radius 3 is 2.39 bits per heavy atom. The molecular weight excluding hydrogens is 356 g/mol. The molecule has 0 bridgehead atoms. The van der Waals surface area contributed by atoms with Crippen molar-refractivity contribution in [2.45, 2.75) is 13.0 Å². The molecular formula is C22H24N2O4. The van der Waals surface area contributed by atoms with E-state index in [0.717, 1.165) is 11.1 Å². The summed E-state index contributed by atoms with van der Waals surface area (Å²) in [5.41, 5.74) is 4.32. The highest BCUT2D eigenvalue weighted by Crippen LogP contribution is 2.41. The van der Waals surface area contributed by atoms with E-state index in [1.165, 1.54) is 16.5 Å². The van der Waals surface area contributed by atoms with E-state index in [9.17, 15) is 0 Å². The van der Waals surface area contributed by atoms with Crippen molar-refractivity contribution >= 4 is 16.8 Å². The average molecular weight is 380 g/mol. The van der Waals surface area contributed by atoms with Gasteiger partial charge in [-0.05, 0) is 42.8 Å². The van der Waals surface area contributed by atoms with Gasteiger partial charge in [0.05, 0.1) is 27.9 Å². The second-order valence-electron chi connectivity index (χ2n) is 6.81. The zero-order chi connectivity index (χ0) is 19.8. The maximum atomic E-state index is 6.23. The van der Waals surface area contributed by atoms with Crippen molar-refractivity contribution in [3.63, 3.8) is 0 Å². The van der Waals surface area contributed by atoms with Crippen LogP contribution in [-0.4, -0.2) is 38.3 Å². The van der Waals surface area contributed by atoms with Crippen LogP contribution in [-0.2, 0) is 11.8 Å². The van der Waals surface area contributed by atoms with Gasteiger partial charge in [-0.1, -0.05) is 0 Å². The van der Waals surface area contributed by atoms with Crippen molar-refractivity contribution in [2.24, 2.45) is 12.0 Å². The molecule has 2 aromatic carbocycles. The van der Waals surface area contributed by atoms with Gasteiger partial charge in [0, 0.05) is 35.3 Å². The topological polar surface area (TPSA) is 54.2 Å². The molecule has 1 aliphatic heterocycles. The highest BCUT2D eigenvalue weighted by Gasteiger charge is 2.27. The van der Waals surface area contributed by atoms with E-state index in [2.05, 4.69) is 40.9 Å². The smallest absolute Gasteiger partial charge is 0.217 e. The van der Waals surface area contributed by atoms with Gasteiger partial charge in [-0.15, -0.1) is 0 Å². The lowest BCUT2D eigenvalue weighted by Gasteiger charge is -2.17. The van der Waals surface area contributed by atoms with E-state index in [1.54, 1.807) is 21.3 Å². The zero-order valence-electron chi connectivity index (χ0n) is 16.8. The summed E-state index contributed by atoms with van der Waals surface area (Å²) in [6.45, 7) is 2.65. The van der Waals surface area contributed by atoms with Crippen molar-refractivity contribution < 1.29 is 18.9 Å². The predicted octanol–water partition coefficient (Wildman–Crippen LogP) is 4.03. The van der Waals surface area contributed by atoms with E-state index in [-0.39, 0.29) is 6.10 Å². The van der Waals surface area contributed by atoms with E-state index in [4.69, 9.17) is 18.9 Å². The monoisotopic (exact) mass is 380 g/mol. The summed E-state index contributed by atoms with van der Waals surface area (Å²) in [7, 11) is 6.86. The third-order valence-corrected chi connectivity index (χ3v) is 5.28. The summed E-state index contributed by atoms with van der Waals surface area (Å²) in [4.78, 5) is 4.67. The fourth-order valence-corrected chi connectivity index (χ4v) is 3.71. The van der Waals surface area contributed by atoms with Crippen molar-refractivity contribution in [2.75, 3.05) is 27.9 Å². The number of methoxy groups -OCH3 is 3. The number of benzene rings is 2. The minimum absolute atomic E-state index is 0.199. The van der Waals surface area contributed by atoms with Crippen LogP contribution in [0.2, 0.25) is 0 Å². The van der Waals surface area contributed by atoms with Crippen LogP contribution < -0.4 is 14.2 Å². The number of aliphatic imine (C=N–C) groups is 1. The number of rotatable bonds is 5. The maximum absolute atomic E-state index is 6.23. The number of nitrogens with zero attached hydrogens (tertiary/aromatic N) is 2. The summed E-state index contributed by atoms with van der Waals surface area (Å²) in [5.74, 6) is 2.45. The highest BCUT2D eigenvalue weighted by molar-refractivity contribution is 6.01. The quantitative estimate of drug-likeness (QED) is 0.671. The maximum Gasteiger partial charge on any atom is 0.217 e. The molecule has 1 unspecified atom stereocenters. The van der Waals surface area contributed by atoms with Gasteiger partial charge in [-0.25, -0.2) is 4.99 Å². The van der Waals surface area contributed by atoms with Crippen molar-refractivity contribution in [1.29, 1.82) is 0 Å². The summed E-state index contributed by atoms with van der Waals surface area (Å²) in [6, 6.07) is 10.1. The van der Waals surface area contributed by atoms with E-state index < -0.39 is 0 Å². The minimum atomic E-state index is -0.199. The number of ether oxygens (including phenoxy) is 4.